The van der Waals surface area contributed by atoms with Gasteiger partial charge in [-0.1, -0.05) is 13.8 Å². The maximum absolute atomic E-state index is 4.78. The van der Waals surface area contributed by atoms with Gasteiger partial charge in [-0.2, -0.15) is 0 Å². The number of aryl methyl sites for hydroxylation is 1. The van der Waals surface area contributed by atoms with Crippen LogP contribution in [0.2, 0.25) is 0 Å². The topological polar surface area (TPSA) is 44.3 Å². The number of hydrogen-bond donors (Lipinski definition) is 1. The van der Waals surface area contributed by atoms with Crippen LogP contribution < -0.4 is 5.32 Å². The molecule has 1 unspecified atom stereocenters. The molecule has 1 aromatic heterocycles. The summed E-state index contributed by atoms with van der Waals surface area (Å²) in [6.45, 7) is 11.1. The van der Waals surface area contributed by atoms with Crippen molar-refractivity contribution in [3.63, 3.8) is 0 Å². The Morgan fingerprint density at radius 3 is 2.60 bits per heavy atom. The first-order chi connectivity index (χ1) is 9.80. The van der Waals surface area contributed by atoms with Crippen molar-refractivity contribution < 1.29 is 0 Å². The lowest BCUT2D eigenvalue weighted by molar-refractivity contribution is 0.00862. The van der Waals surface area contributed by atoms with Crippen molar-refractivity contribution in [2.75, 3.05) is 44.6 Å². The van der Waals surface area contributed by atoms with Crippen molar-refractivity contribution in [2.45, 2.75) is 32.7 Å². The van der Waals surface area contributed by atoms with E-state index in [0.29, 0.717) is 6.04 Å². The van der Waals surface area contributed by atoms with Crippen LogP contribution in [-0.2, 0) is 6.42 Å². The quantitative estimate of drug-likeness (QED) is 0.883. The smallest absolute Gasteiger partial charge is 0.149 e. The molecule has 110 valence electrons. The van der Waals surface area contributed by atoms with Crippen LogP contribution in [0, 0.1) is 0 Å². The van der Waals surface area contributed by atoms with E-state index in [2.05, 4.69) is 35.0 Å². The molecule has 0 saturated carbocycles. The molecule has 0 amide bonds. The highest BCUT2D eigenvalue weighted by atomic mass is 15.4. The van der Waals surface area contributed by atoms with Gasteiger partial charge in [-0.3, -0.25) is 9.80 Å². The van der Waals surface area contributed by atoms with Gasteiger partial charge in [0.25, 0.3) is 0 Å². The molecule has 4 heterocycles. The molecule has 5 heteroatoms. The number of nitrogens with zero attached hydrogens (tertiary/aromatic N) is 4. The lowest BCUT2D eigenvalue weighted by Crippen LogP contribution is -2.57. The summed E-state index contributed by atoms with van der Waals surface area (Å²) in [4.78, 5) is 14.6. The van der Waals surface area contributed by atoms with Crippen LogP contribution in [-0.4, -0.2) is 59.0 Å². The van der Waals surface area contributed by atoms with E-state index in [4.69, 9.17) is 9.97 Å². The zero-order chi connectivity index (χ0) is 13.9. The Bertz CT molecular complexity index is 454. The van der Waals surface area contributed by atoms with Crippen LogP contribution in [0.5, 0.6) is 0 Å². The van der Waals surface area contributed by atoms with Gasteiger partial charge in [-0.05, 0) is 12.8 Å². The molecule has 0 aliphatic carbocycles. The fourth-order valence-corrected chi connectivity index (χ4v) is 3.05. The maximum Gasteiger partial charge on any atom is 0.149 e. The summed E-state index contributed by atoms with van der Waals surface area (Å²) >= 11 is 0. The molecule has 3 aliphatic heterocycles. The maximum atomic E-state index is 4.78. The molecular weight excluding hydrogens is 250 g/mol. The highest BCUT2D eigenvalue weighted by Crippen LogP contribution is 2.27. The monoisotopic (exact) mass is 275 g/mol. The Hall–Kier alpha value is -1.20. The molecule has 1 atom stereocenters. The van der Waals surface area contributed by atoms with Gasteiger partial charge < -0.3 is 5.32 Å². The molecular formula is C15H25N5. The van der Waals surface area contributed by atoms with E-state index < -0.39 is 0 Å². The average Bonchev–Trinajstić information content (AvgIpc) is 2.53. The summed E-state index contributed by atoms with van der Waals surface area (Å²) in [5.41, 5.74) is 1.14. The third kappa shape index (κ3) is 2.79. The van der Waals surface area contributed by atoms with Gasteiger partial charge in [0.1, 0.15) is 11.6 Å². The second kappa shape index (κ2) is 6.06. The van der Waals surface area contributed by atoms with E-state index in [9.17, 15) is 0 Å². The molecule has 2 bridgehead atoms. The number of rotatable bonds is 5. The standard InChI is InChI=1S/C15H25N5/c1-3-5-16-14-10-12(4-2)17-15(18-14)13-11-19-6-8-20(13)9-7-19/h10,13H,3-9,11H2,1-2H3,(H,16,17,18). The molecule has 1 N–H and O–H groups in total. The van der Waals surface area contributed by atoms with Crippen LogP contribution in [0.25, 0.3) is 0 Å². The summed E-state index contributed by atoms with van der Waals surface area (Å²) in [7, 11) is 0. The second-order valence-corrected chi connectivity index (χ2v) is 5.74. The Morgan fingerprint density at radius 1 is 1.20 bits per heavy atom. The number of piperazine rings is 3. The van der Waals surface area contributed by atoms with Gasteiger partial charge in [0, 0.05) is 51.0 Å². The van der Waals surface area contributed by atoms with Crippen molar-refractivity contribution >= 4 is 5.82 Å². The first kappa shape index (κ1) is 13.8. The van der Waals surface area contributed by atoms with E-state index in [1.54, 1.807) is 0 Å². The highest BCUT2D eigenvalue weighted by Gasteiger charge is 2.34. The second-order valence-electron chi connectivity index (χ2n) is 5.74. The molecule has 0 aromatic carbocycles. The predicted molar refractivity (Wildman–Crippen MR) is 80.9 cm³/mol. The Morgan fingerprint density at radius 2 is 2.00 bits per heavy atom. The third-order valence-corrected chi connectivity index (χ3v) is 4.29. The molecule has 20 heavy (non-hydrogen) atoms. The zero-order valence-electron chi connectivity index (χ0n) is 12.6. The molecule has 1 aromatic rings. The lowest BCUT2D eigenvalue weighted by atomic mass is 10.1. The van der Waals surface area contributed by atoms with Gasteiger partial charge in [0.2, 0.25) is 0 Å². The van der Waals surface area contributed by atoms with Crippen molar-refractivity contribution in [3.8, 4) is 0 Å². The molecule has 3 fully saturated rings. The number of aromatic nitrogens is 2. The summed E-state index contributed by atoms with van der Waals surface area (Å²) in [6, 6.07) is 2.47. The van der Waals surface area contributed by atoms with Gasteiger partial charge in [0.15, 0.2) is 0 Å². The molecule has 5 nitrogen and oxygen atoms in total. The number of anilines is 1. The van der Waals surface area contributed by atoms with Crippen molar-refractivity contribution in [3.05, 3.63) is 17.6 Å². The van der Waals surface area contributed by atoms with Crippen LogP contribution in [0.1, 0.15) is 37.8 Å². The van der Waals surface area contributed by atoms with Crippen LogP contribution in [0.3, 0.4) is 0 Å². The van der Waals surface area contributed by atoms with Crippen LogP contribution in [0.15, 0.2) is 6.07 Å². The fourth-order valence-electron chi connectivity index (χ4n) is 3.05. The van der Waals surface area contributed by atoms with Crippen molar-refractivity contribution in [1.29, 1.82) is 0 Å². The van der Waals surface area contributed by atoms with E-state index in [-0.39, 0.29) is 0 Å². The van der Waals surface area contributed by atoms with Gasteiger partial charge in [-0.15, -0.1) is 0 Å². The van der Waals surface area contributed by atoms with E-state index in [1.165, 1.54) is 13.1 Å². The average molecular weight is 275 g/mol. The molecule has 0 spiro atoms. The Balaban J connectivity index is 1.84. The van der Waals surface area contributed by atoms with E-state index >= 15 is 0 Å². The van der Waals surface area contributed by atoms with Crippen molar-refractivity contribution in [1.82, 2.24) is 19.8 Å². The van der Waals surface area contributed by atoms with Crippen LogP contribution in [0.4, 0.5) is 5.82 Å². The molecule has 3 saturated heterocycles. The largest absolute Gasteiger partial charge is 0.370 e. The summed E-state index contributed by atoms with van der Waals surface area (Å²) < 4.78 is 0. The van der Waals surface area contributed by atoms with Gasteiger partial charge in [-0.25, -0.2) is 9.97 Å². The molecule has 3 aliphatic rings. The van der Waals surface area contributed by atoms with E-state index in [0.717, 1.165) is 56.4 Å². The minimum Gasteiger partial charge on any atom is -0.370 e. The van der Waals surface area contributed by atoms with Crippen LogP contribution >= 0.6 is 0 Å². The summed E-state index contributed by atoms with van der Waals surface area (Å²) in [5.74, 6) is 2.00. The fraction of sp³-hybridized carbons (Fsp3) is 0.733. The third-order valence-electron chi connectivity index (χ3n) is 4.29. The molecule has 4 rings (SSSR count). The summed E-state index contributed by atoms with van der Waals surface area (Å²) in [6.07, 6.45) is 2.08. The first-order valence-electron chi connectivity index (χ1n) is 7.88. The first-order valence-corrected chi connectivity index (χ1v) is 7.88. The Kier molecular flexibility index (Phi) is 4.17. The minimum atomic E-state index is 0.381. The van der Waals surface area contributed by atoms with Gasteiger partial charge >= 0.3 is 0 Å². The Labute approximate surface area is 121 Å². The molecule has 0 radical (unpaired) electrons. The highest BCUT2D eigenvalue weighted by molar-refractivity contribution is 5.36. The summed E-state index contributed by atoms with van der Waals surface area (Å²) in [5, 5.41) is 3.41. The van der Waals surface area contributed by atoms with E-state index in [1.807, 2.05) is 0 Å². The van der Waals surface area contributed by atoms with Gasteiger partial charge in [0.05, 0.1) is 6.04 Å². The zero-order valence-corrected chi connectivity index (χ0v) is 12.6. The predicted octanol–water partition coefficient (Wildman–Crippen LogP) is 1.53. The van der Waals surface area contributed by atoms with Crippen molar-refractivity contribution in [2.24, 2.45) is 0 Å². The minimum absolute atomic E-state index is 0.381. The SMILES string of the molecule is CCCNc1cc(CC)nc(C2CN3CCN2CC3)n1. The number of fused-ring (bicyclic) bond motifs is 3. The number of nitrogens with one attached hydrogen (secondary N) is 1. The normalized spacial score (nSPS) is 28.6. The lowest BCUT2D eigenvalue weighted by Gasteiger charge is -2.46. The number of hydrogen-bond acceptors (Lipinski definition) is 5.